The number of nitrogen functional groups attached to an aromatic ring is 1. The minimum atomic E-state index is -0.286. The van der Waals surface area contributed by atoms with E-state index in [1.165, 1.54) is 12.1 Å². The molecule has 0 aliphatic heterocycles. The van der Waals surface area contributed by atoms with E-state index in [4.69, 9.17) is 22.2 Å². The molecule has 2 heterocycles. The van der Waals surface area contributed by atoms with Gasteiger partial charge in [-0.25, -0.2) is 15.8 Å². The van der Waals surface area contributed by atoms with Crippen LogP contribution in [-0.4, -0.2) is 23.0 Å². The largest absolute Gasteiger partial charge is 0.481 e. The second-order valence-electron chi connectivity index (χ2n) is 4.10. The summed E-state index contributed by atoms with van der Waals surface area (Å²) in [6.07, 6.45) is 1.63. The summed E-state index contributed by atoms with van der Waals surface area (Å²) in [4.78, 5) is 20.0. The Balaban J connectivity index is 2.02. The van der Waals surface area contributed by atoms with Gasteiger partial charge in [-0.05, 0) is 17.7 Å². The molecule has 1 amide bonds. The van der Waals surface area contributed by atoms with Crippen molar-refractivity contribution in [2.75, 3.05) is 12.5 Å². The molecule has 0 spiro atoms. The van der Waals surface area contributed by atoms with Crippen LogP contribution in [0.15, 0.2) is 30.5 Å². The Morgan fingerprint density at radius 1 is 1.43 bits per heavy atom. The number of amides is 1. The van der Waals surface area contributed by atoms with E-state index < -0.39 is 0 Å². The first-order valence-electron chi connectivity index (χ1n) is 6.03. The van der Waals surface area contributed by atoms with Gasteiger partial charge in [-0.2, -0.15) is 0 Å². The molecule has 0 radical (unpaired) electrons. The number of carbonyl (C=O) groups excluding carboxylic acids is 1. The topological polar surface area (TPSA) is 102 Å². The molecule has 4 N–H and O–H groups in total. The normalized spacial score (nSPS) is 10.0. The third kappa shape index (κ3) is 4.04. The van der Waals surface area contributed by atoms with Gasteiger partial charge in [-0.1, -0.05) is 17.7 Å². The summed E-state index contributed by atoms with van der Waals surface area (Å²) in [5.41, 5.74) is 3.56. The number of ether oxygens (including phenoxy) is 1. The lowest BCUT2D eigenvalue weighted by Crippen LogP contribution is -2.23. The van der Waals surface area contributed by atoms with Gasteiger partial charge < -0.3 is 15.5 Å². The molecule has 0 saturated carbocycles. The number of hydrogen-bond donors (Lipinski definition) is 3. The fraction of sp³-hybridized carbons (Fsp3) is 0.154. The Labute approximate surface area is 126 Å². The van der Waals surface area contributed by atoms with E-state index in [-0.39, 0.29) is 11.1 Å². The number of nitrogens with two attached hydrogens (primary N) is 1. The number of aromatic nitrogens is 2. The van der Waals surface area contributed by atoms with Crippen LogP contribution in [0.4, 0.5) is 5.82 Å². The fourth-order valence-corrected chi connectivity index (χ4v) is 1.83. The monoisotopic (exact) mass is 307 g/mol. The summed E-state index contributed by atoms with van der Waals surface area (Å²) >= 11 is 5.81. The number of carbonyl (C=O) groups is 1. The van der Waals surface area contributed by atoms with Crippen LogP contribution in [0.1, 0.15) is 15.9 Å². The van der Waals surface area contributed by atoms with Crippen molar-refractivity contribution in [2.45, 2.75) is 6.54 Å². The number of hydrogen-bond acceptors (Lipinski definition) is 6. The molecule has 0 aliphatic carbocycles. The smallest absolute Gasteiger partial charge is 0.251 e. The summed E-state index contributed by atoms with van der Waals surface area (Å²) < 4.78 is 4.96. The highest BCUT2D eigenvalue weighted by Gasteiger charge is 2.09. The predicted octanol–water partition coefficient (Wildman–Crippen LogP) is 1.35. The first kappa shape index (κ1) is 15.0. The van der Waals surface area contributed by atoms with Crippen LogP contribution in [-0.2, 0) is 6.54 Å². The Morgan fingerprint density at radius 3 is 2.86 bits per heavy atom. The standard InChI is InChI=1S/C13H14ClN5O2/c1-21-12-3-2-8(6-16-12)7-17-13(20)9-4-10(14)18-11(5-9)19-15/h2-6H,7,15H2,1H3,(H,17,20)(H,18,19). The van der Waals surface area contributed by atoms with E-state index >= 15 is 0 Å². The van der Waals surface area contributed by atoms with Crippen molar-refractivity contribution in [3.05, 3.63) is 46.7 Å². The lowest BCUT2D eigenvalue weighted by Gasteiger charge is -2.07. The molecule has 0 bridgehead atoms. The van der Waals surface area contributed by atoms with Crippen molar-refractivity contribution >= 4 is 23.3 Å². The molecular formula is C13H14ClN5O2. The number of hydrazine groups is 1. The maximum Gasteiger partial charge on any atom is 0.251 e. The molecule has 110 valence electrons. The second kappa shape index (κ2) is 6.87. The third-order valence-electron chi connectivity index (χ3n) is 2.66. The zero-order valence-electron chi connectivity index (χ0n) is 11.3. The maximum atomic E-state index is 12.1. The maximum absolute atomic E-state index is 12.1. The molecule has 8 heteroatoms. The van der Waals surface area contributed by atoms with Gasteiger partial charge in [0.1, 0.15) is 11.0 Å². The Bertz CT molecular complexity index is 633. The number of methoxy groups -OCH3 is 1. The predicted molar refractivity (Wildman–Crippen MR) is 79.0 cm³/mol. The average molecular weight is 308 g/mol. The van der Waals surface area contributed by atoms with Crippen molar-refractivity contribution in [1.29, 1.82) is 0 Å². The molecule has 0 aromatic carbocycles. The highest BCUT2D eigenvalue weighted by Crippen LogP contribution is 2.14. The van der Waals surface area contributed by atoms with Gasteiger partial charge in [0, 0.05) is 24.4 Å². The van der Waals surface area contributed by atoms with Crippen molar-refractivity contribution in [3.8, 4) is 5.88 Å². The van der Waals surface area contributed by atoms with Crippen LogP contribution in [0.25, 0.3) is 0 Å². The van der Waals surface area contributed by atoms with Crippen LogP contribution in [0.5, 0.6) is 5.88 Å². The Hall–Kier alpha value is -2.38. The molecule has 2 aromatic rings. The minimum absolute atomic E-state index is 0.182. The van der Waals surface area contributed by atoms with Gasteiger partial charge in [-0.3, -0.25) is 4.79 Å². The lowest BCUT2D eigenvalue weighted by atomic mass is 10.2. The summed E-state index contributed by atoms with van der Waals surface area (Å²) in [7, 11) is 1.54. The van der Waals surface area contributed by atoms with E-state index in [0.717, 1.165) is 5.56 Å². The molecule has 21 heavy (non-hydrogen) atoms. The summed E-state index contributed by atoms with van der Waals surface area (Å²) in [6, 6.07) is 6.51. The van der Waals surface area contributed by atoms with E-state index in [0.29, 0.717) is 23.8 Å². The molecule has 7 nitrogen and oxygen atoms in total. The van der Waals surface area contributed by atoms with Crippen LogP contribution >= 0.6 is 11.6 Å². The molecule has 0 atom stereocenters. The highest BCUT2D eigenvalue weighted by molar-refractivity contribution is 6.29. The highest BCUT2D eigenvalue weighted by atomic mass is 35.5. The van der Waals surface area contributed by atoms with E-state index in [2.05, 4.69) is 20.7 Å². The van der Waals surface area contributed by atoms with Crippen LogP contribution in [0.3, 0.4) is 0 Å². The van der Waals surface area contributed by atoms with Gasteiger partial charge in [0.25, 0.3) is 5.91 Å². The second-order valence-corrected chi connectivity index (χ2v) is 4.49. The number of anilines is 1. The zero-order chi connectivity index (χ0) is 15.2. The number of nitrogens with one attached hydrogen (secondary N) is 2. The van der Waals surface area contributed by atoms with E-state index in [1.807, 2.05) is 6.07 Å². The van der Waals surface area contributed by atoms with Gasteiger partial charge in [0.15, 0.2) is 0 Å². The van der Waals surface area contributed by atoms with Gasteiger partial charge in [0.05, 0.1) is 7.11 Å². The van der Waals surface area contributed by atoms with Gasteiger partial charge in [0.2, 0.25) is 5.88 Å². The Morgan fingerprint density at radius 2 is 2.24 bits per heavy atom. The molecule has 0 saturated heterocycles. The van der Waals surface area contributed by atoms with Gasteiger partial charge in [-0.15, -0.1) is 0 Å². The molecular weight excluding hydrogens is 294 g/mol. The summed E-state index contributed by atoms with van der Waals surface area (Å²) in [5, 5.41) is 2.94. The minimum Gasteiger partial charge on any atom is -0.481 e. The van der Waals surface area contributed by atoms with Crippen molar-refractivity contribution in [1.82, 2.24) is 15.3 Å². The summed E-state index contributed by atoms with van der Waals surface area (Å²) in [5.74, 6) is 5.81. The van der Waals surface area contributed by atoms with Crippen LogP contribution in [0.2, 0.25) is 5.15 Å². The first-order chi connectivity index (χ1) is 10.1. The van der Waals surface area contributed by atoms with Crippen LogP contribution in [0, 0.1) is 0 Å². The molecule has 0 unspecified atom stereocenters. The SMILES string of the molecule is COc1ccc(CNC(=O)c2cc(Cl)nc(NN)c2)cn1. The van der Waals surface area contributed by atoms with Gasteiger partial charge >= 0.3 is 0 Å². The molecule has 0 fully saturated rings. The molecule has 2 rings (SSSR count). The summed E-state index contributed by atoms with van der Waals surface area (Å²) in [6.45, 7) is 0.334. The van der Waals surface area contributed by atoms with Crippen molar-refractivity contribution in [2.24, 2.45) is 5.84 Å². The first-order valence-corrected chi connectivity index (χ1v) is 6.41. The average Bonchev–Trinajstić information content (AvgIpc) is 2.52. The van der Waals surface area contributed by atoms with Crippen molar-refractivity contribution in [3.63, 3.8) is 0 Å². The van der Waals surface area contributed by atoms with E-state index in [1.54, 1.807) is 19.4 Å². The van der Waals surface area contributed by atoms with E-state index in [9.17, 15) is 4.79 Å². The molecule has 0 aliphatic rings. The number of nitrogens with zero attached hydrogens (tertiary/aromatic N) is 2. The number of halogens is 1. The zero-order valence-corrected chi connectivity index (χ0v) is 12.0. The Kier molecular flexibility index (Phi) is 4.91. The number of rotatable bonds is 5. The quantitative estimate of drug-likeness (QED) is 0.438. The molecule has 2 aromatic heterocycles. The van der Waals surface area contributed by atoms with Crippen molar-refractivity contribution < 1.29 is 9.53 Å². The van der Waals surface area contributed by atoms with Crippen LogP contribution < -0.4 is 21.3 Å². The third-order valence-corrected chi connectivity index (χ3v) is 2.86. The lowest BCUT2D eigenvalue weighted by molar-refractivity contribution is 0.0951. The fourth-order valence-electron chi connectivity index (χ4n) is 1.62. The number of pyridine rings is 2.